The Balaban J connectivity index is 1.72. The van der Waals surface area contributed by atoms with Crippen molar-refractivity contribution in [2.45, 2.75) is 0 Å². The predicted molar refractivity (Wildman–Crippen MR) is 94.2 cm³/mol. The molecule has 9 heteroatoms. The highest BCUT2D eigenvalue weighted by Crippen LogP contribution is 2.30. The van der Waals surface area contributed by atoms with E-state index in [1.165, 1.54) is 7.05 Å². The number of carbonyl (C=O) groups is 4. The minimum Gasteiger partial charge on any atom is -0.354 e. The van der Waals surface area contributed by atoms with E-state index in [-0.39, 0.29) is 33.6 Å². The number of carbonyl (C=O) groups excluding carboxylic acids is 4. The molecule has 8 nitrogen and oxygen atoms in total. The molecule has 0 aliphatic heterocycles. The molecule has 132 valence electrons. The first-order chi connectivity index (χ1) is 12.5. The number of hydrogen-bond acceptors (Lipinski definition) is 7. The van der Waals surface area contributed by atoms with Crippen LogP contribution in [0, 0.1) is 0 Å². The highest BCUT2D eigenvalue weighted by atomic mass is 32.2. The first kappa shape index (κ1) is 17.6. The van der Waals surface area contributed by atoms with Crippen LogP contribution in [0.15, 0.2) is 45.8 Å². The molecular formula is C17H13N3O5S. The lowest BCUT2D eigenvalue weighted by Gasteiger charge is -2.11. The van der Waals surface area contributed by atoms with Gasteiger partial charge in [0.05, 0.1) is 10.7 Å². The number of nitrogens with one attached hydrogen (secondary N) is 2. The number of anilines is 1. The molecule has 0 bridgehead atoms. The number of rotatable bonds is 5. The van der Waals surface area contributed by atoms with E-state index in [4.69, 9.17) is 4.52 Å². The van der Waals surface area contributed by atoms with Crippen molar-refractivity contribution in [3.63, 3.8) is 0 Å². The quantitative estimate of drug-likeness (QED) is 0.820. The first-order valence-corrected chi connectivity index (χ1v) is 8.50. The van der Waals surface area contributed by atoms with Crippen molar-refractivity contribution in [1.82, 2.24) is 10.5 Å². The van der Waals surface area contributed by atoms with E-state index in [2.05, 4.69) is 15.8 Å². The van der Waals surface area contributed by atoms with Crippen LogP contribution >= 0.6 is 11.8 Å². The minimum absolute atomic E-state index is 0.0547. The summed E-state index contributed by atoms with van der Waals surface area (Å²) in [6.07, 6.45) is 1.09. The number of nitrogens with zero attached hydrogens (tertiary/aromatic N) is 1. The Morgan fingerprint density at radius 2 is 1.92 bits per heavy atom. The van der Waals surface area contributed by atoms with Gasteiger partial charge in [-0.3, -0.25) is 19.2 Å². The number of fused-ring (bicyclic) bond motifs is 1. The Hall–Kier alpha value is -3.20. The fourth-order valence-electron chi connectivity index (χ4n) is 2.28. The average Bonchev–Trinajstić information content (AvgIpc) is 3.09. The van der Waals surface area contributed by atoms with Crippen molar-refractivity contribution >= 4 is 40.8 Å². The fourth-order valence-corrected chi connectivity index (χ4v) is 3.07. The van der Waals surface area contributed by atoms with Gasteiger partial charge in [0.25, 0.3) is 5.91 Å². The molecule has 0 saturated carbocycles. The average molecular weight is 371 g/mol. The molecule has 0 unspecified atom stereocenters. The van der Waals surface area contributed by atoms with E-state index in [0.717, 1.165) is 17.8 Å². The van der Waals surface area contributed by atoms with Crippen LogP contribution in [-0.2, 0) is 4.79 Å². The summed E-state index contributed by atoms with van der Waals surface area (Å²) in [4.78, 5) is 48.5. The molecule has 1 aliphatic carbocycles. The van der Waals surface area contributed by atoms with Crippen LogP contribution < -0.4 is 10.6 Å². The third-order valence-corrected chi connectivity index (χ3v) is 4.51. The topological polar surface area (TPSA) is 118 Å². The Bertz CT molecular complexity index is 933. The van der Waals surface area contributed by atoms with Gasteiger partial charge in [0.2, 0.25) is 23.2 Å². The van der Waals surface area contributed by atoms with Crippen LogP contribution in [0.3, 0.4) is 0 Å². The van der Waals surface area contributed by atoms with Gasteiger partial charge in [-0.25, -0.2) is 0 Å². The Labute approximate surface area is 152 Å². The maximum absolute atomic E-state index is 12.6. The van der Waals surface area contributed by atoms with Crippen LogP contribution in [0.25, 0.3) is 0 Å². The van der Waals surface area contributed by atoms with Gasteiger partial charge in [-0.15, -0.1) is 11.8 Å². The number of thioether (sulfide) groups is 1. The van der Waals surface area contributed by atoms with Crippen molar-refractivity contribution in [3.8, 4) is 0 Å². The van der Waals surface area contributed by atoms with Gasteiger partial charge in [0.15, 0.2) is 5.69 Å². The number of allylic oxidation sites excluding steroid dienone is 2. The second-order valence-corrected chi connectivity index (χ2v) is 6.24. The van der Waals surface area contributed by atoms with Crippen molar-refractivity contribution in [2.75, 3.05) is 18.1 Å². The molecule has 1 aliphatic rings. The molecule has 1 heterocycles. The number of aromatic nitrogens is 1. The summed E-state index contributed by atoms with van der Waals surface area (Å²) in [5, 5.41) is 8.52. The summed E-state index contributed by atoms with van der Waals surface area (Å²) >= 11 is 0.909. The molecule has 0 radical (unpaired) electrons. The van der Waals surface area contributed by atoms with E-state index in [0.29, 0.717) is 5.69 Å². The zero-order chi connectivity index (χ0) is 18.7. The molecule has 26 heavy (non-hydrogen) atoms. The number of hydrogen-bond donors (Lipinski definition) is 2. The zero-order valence-electron chi connectivity index (χ0n) is 13.6. The van der Waals surface area contributed by atoms with Crippen LogP contribution in [0.1, 0.15) is 31.4 Å². The number of ketones is 2. The summed E-state index contributed by atoms with van der Waals surface area (Å²) in [5.74, 6) is -2.46. The third-order valence-electron chi connectivity index (χ3n) is 3.49. The molecule has 0 spiro atoms. The molecule has 0 saturated heterocycles. The first-order valence-electron chi connectivity index (χ1n) is 7.51. The van der Waals surface area contributed by atoms with Crippen molar-refractivity contribution in [2.24, 2.45) is 0 Å². The van der Waals surface area contributed by atoms with Gasteiger partial charge < -0.3 is 15.2 Å². The molecule has 2 amide bonds. The summed E-state index contributed by atoms with van der Waals surface area (Å²) in [5.41, 5.74) is 0.199. The lowest BCUT2D eigenvalue weighted by atomic mass is 10.00. The lowest BCUT2D eigenvalue weighted by molar-refractivity contribution is -0.113. The molecule has 1 aromatic carbocycles. The standard InChI is InChI=1S/C17H13N3O5S/c1-18-17(24)14-13-15(23)11(7-10(21)16(13)25-20-14)26-8-12(22)19-9-5-3-2-4-6-9/h2-7H,8H2,1H3,(H,18,24)(H,19,22). The Kier molecular flexibility index (Phi) is 4.99. The number of Topliss-reactive ketones (excluding diaryl/α,β-unsaturated/α-hetero) is 1. The van der Waals surface area contributed by atoms with Crippen molar-refractivity contribution in [3.05, 3.63) is 58.3 Å². The number of amides is 2. The fraction of sp³-hybridized carbons (Fsp3) is 0.118. The van der Waals surface area contributed by atoms with E-state index in [1.807, 2.05) is 6.07 Å². The van der Waals surface area contributed by atoms with Crippen LogP contribution in [-0.4, -0.2) is 41.3 Å². The molecule has 0 fully saturated rings. The number of para-hydroxylation sites is 1. The maximum atomic E-state index is 12.6. The Morgan fingerprint density at radius 3 is 2.62 bits per heavy atom. The van der Waals surface area contributed by atoms with E-state index in [1.54, 1.807) is 24.3 Å². The van der Waals surface area contributed by atoms with E-state index < -0.39 is 17.5 Å². The van der Waals surface area contributed by atoms with Gasteiger partial charge in [-0.1, -0.05) is 23.4 Å². The summed E-state index contributed by atoms with van der Waals surface area (Å²) < 4.78 is 4.83. The smallest absolute Gasteiger partial charge is 0.274 e. The Morgan fingerprint density at radius 1 is 1.19 bits per heavy atom. The zero-order valence-corrected chi connectivity index (χ0v) is 14.4. The van der Waals surface area contributed by atoms with E-state index >= 15 is 0 Å². The molecule has 2 aromatic rings. The summed E-state index contributed by atoms with van der Waals surface area (Å²) in [7, 11) is 1.37. The van der Waals surface area contributed by atoms with Crippen LogP contribution in [0.2, 0.25) is 0 Å². The highest BCUT2D eigenvalue weighted by molar-refractivity contribution is 8.04. The third kappa shape index (κ3) is 3.42. The molecule has 2 N–H and O–H groups in total. The van der Waals surface area contributed by atoms with Gasteiger partial charge in [-0.05, 0) is 12.1 Å². The van der Waals surface area contributed by atoms with Gasteiger partial charge in [0.1, 0.15) is 5.56 Å². The summed E-state index contributed by atoms with van der Waals surface area (Å²) in [6, 6.07) is 8.85. The second kappa shape index (κ2) is 7.36. The van der Waals surface area contributed by atoms with Gasteiger partial charge >= 0.3 is 0 Å². The predicted octanol–water partition coefficient (Wildman–Crippen LogP) is 1.67. The van der Waals surface area contributed by atoms with Crippen molar-refractivity contribution < 1.29 is 23.7 Å². The summed E-state index contributed by atoms with van der Waals surface area (Å²) in [6.45, 7) is 0. The lowest BCUT2D eigenvalue weighted by Crippen LogP contribution is -2.24. The largest absolute Gasteiger partial charge is 0.354 e. The number of benzene rings is 1. The second-order valence-electron chi connectivity index (χ2n) is 5.22. The SMILES string of the molecule is CNC(=O)c1noc2c1C(=O)C(SCC(=O)Nc1ccccc1)=CC2=O. The normalized spacial score (nSPS) is 13.0. The van der Waals surface area contributed by atoms with Crippen LogP contribution in [0.5, 0.6) is 0 Å². The maximum Gasteiger partial charge on any atom is 0.274 e. The van der Waals surface area contributed by atoms with Gasteiger partial charge in [-0.2, -0.15) is 0 Å². The molecular weight excluding hydrogens is 358 g/mol. The van der Waals surface area contributed by atoms with E-state index in [9.17, 15) is 19.2 Å². The molecule has 3 rings (SSSR count). The van der Waals surface area contributed by atoms with Crippen LogP contribution in [0.4, 0.5) is 5.69 Å². The highest BCUT2D eigenvalue weighted by Gasteiger charge is 2.35. The minimum atomic E-state index is -0.635. The molecule has 1 aromatic heterocycles. The van der Waals surface area contributed by atoms with Gasteiger partial charge in [0, 0.05) is 18.8 Å². The monoisotopic (exact) mass is 371 g/mol. The van der Waals surface area contributed by atoms with Crippen molar-refractivity contribution in [1.29, 1.82) is 0 Å². The molecule has 0 atom stereocenters.